The van der Waals surface area contributed by atoms with Gasteiger partial charge in [-0.15, -0.1) is 11.3 Å². The van der Waals surface area contributed by atoms with Crippen molar-refractivity contribution in [3.63, 3.8) is 0 Å². The predicted molar refractivity (Wildman–Crippen MR) is 118 cm³/mol. The number of benzene rings is 1. The van der Waals surface area contributed by atoms with Crippen molar-refractivity contribution in [2.24, 2.45) is 0 Å². The summed E-state index contributed by atoms with van der Waals surface area (Å²) in [5, 5.41) is 8.43. The van der Waals surface area contributed by atoms with Gasteiger partial charge in [0.05, 0.1) is 11.4 Å². The maximum Gasteiger partial charge on any atom is 0.268 e. The lowest BCUT2D eigenvalue weighted by atomic mass is 9.92. The van der Waals surface area contributed by atoms with Gasteiger partial charge >= 0.3 is 0 Å². The van der Waals surface area contributed by atoms with Gasteiger partial charge in [0.15, 0.2) is 0 Å². The van der Waals surface area contributed by atoms with E-state index in [-0.39, 0.29) is 11.3 Å². The molecule has 0 saturated carbocycles. The van der Waals surface area contributed by atoms with E-state index in [4.69, 9.17) is 0 Å². The SMILES string of the molecule is Cc1nc(-c2ccccc2)sc1C(=O)Nc1cc(C(C)(C)C)nn1-c1ncccn1. The van der Waals surface area contributed by atoms with Crippen LogP contribution in [-0.4, -0.2) is 30.6 Å². The number of nitrogens with one attached hydrogen (secondary N) is 1. The molecule has 30 heavy (non-hydrogen) atoms. The first-order valence-electron chi connectivity index (χ1n) is 9.55. The average Bonchev–Trinajstić information content (AvgIpc) is 3.33. The van der Waals surface area contributed by atoms with Crippen LogP contribution in [0.3, 0.4) is 0 Å². The summed E-state index contributed by atoms with van der Waals surface area (Å²) < 4.78 is 1.56. The molecule has 0 aliphatic rings. The normalized spacial score (nSPS) is 11.5. The highest BCUT2D eigenvalue weighted by atomic mass is 32.1. The minimum absolute atomic E-state index is 0.194. The second kappa shape index (κ2) is 7.79. The highest BCUT2D eigenvalue weighted by molar-refractivity contribution is 7.17. The minimum Gasteiger partial charge on any atom is -0.306 e. The fourth-order valence-electron chi connectivity index (χ4n) is 2.87. The number of thiazole rings is 1. The number of nitrogens with zero attached hydrogens (tertiary/aromatic N) is 5. The van der Waals surface area contributed by atoms with Crippen LogP contribution in [-0.2, 0) is 5.41 Å². The number of rotatable bonds is 4. The molecule has 3 heterocycles. The van der Waals surface area contributed by atoms with Gasteiger partial charge in [-0.2, -0.15) is 9.78 Å². The van der Waals surface area contributed by atoms with Crippen molar-refractivity contribution in [3.8, 4) is 16.5 Å². The summed E-state index contributed by atoms with van der Waals surface area (Å²) in [6, 6.07) is 13.4. The van der Waals surface area contributed by atoms with Gasteiger partial charge in [0, 0.05) is 29.4 Å². The highest BCUT2D eigenvalue weighted by Gasteiger charge is 2.24. The van der Waals surface area contributed by atoms with Crippen LogP contribution >= 0.6 is 11.3 Å². The van der Waals surface area contributed by atoms with Crippen molar-refractivity contribution >= 4 is 23.1 Å². The molecule has 0 unspecified atom stereocenters. The van der Waals surface area contributed by atoms with Crippen LogP contribution in [0.25, 0.3) is 16.5 Å². The third-order valence-corrected chi connectivity index (χ3v) is 5.69. The summed E-state index contributed by atoms with van der Waals surface area (Å²) in [5.41, 5.74) is 2.31. The molecule has 0 saturated heterocycles. The standard InChI is InChI=1S/C22H22N6OS/c1-14-18(30-20(25-14)15-9-6-5-7-10-15)19(29)26-17-13-16(22(2,3)4)27-28(17)21-23-11-8-12-24-21/h5-13H,1-4H3,(H,26,29). The number of hydrogen-bond donors (Lipinski definition) is 1. The van der Waals surface area contributed by atoms with Crippen molar-refractivity contribution in [2.75, 3.05) is 5.32 Å². The molecule has 7 nitrogen and oxygen atoms in total. The van der Waals surface area contributed by atoms with Crippen LogP contribution in [0.4, 0.5) is 5.82 Å². The molecular weight excluding hydrogens is 396 g/mol. The Bertz CT molecular complexity index is 1180. The fraction of sp³-hybridized carbons (Fsp3) is 0.227. The largest absolute Gasteiger partial charge is 0.306 e. The van der Waals surface area contributed by atoms with Gasteiger partial charge in [-0.1, -0.05) is 51.1 Å². The number of hydrogen-bond acceptors (Lipinski definition) is 6. The molecule has 0 aliphatic carbocycles. The Morgan fingerprint density at radius 1 is 1.07 bits per heavy atom. The number of carbonyl (C=O) groups is 1. The molecule has 0 atom stereocenters. The molecule has 0 aliphatic heterocycles. The van der Waals surface area contributed by atoms with Crippen molar-refractivity contribution in [1.82, 2.24) is 24.7 Å². The van der Waals surface area contributed by atoms with E-state index in [9.17, 15) is 4.79 Å². The Kier molecular flexibility index (Phi) is 5.17. The number of carbonyl (C=O) groups excluding carboxylic acids is 1. The molecule has 152 valence electrons. The molecule has 3 aromatic heterocycles. The first-order valence-corrected chi connectivity index (χ1v) is 10.4. The van der Waals surface area contributed by atoms with E-state index in [2.05, 4.69) is 46.1 Å². The molecule has 1 aromatic carbocycles. The molecule has 0 fully saturated rings. The summed E-state index contributed by atoms with van der Waals surface area (Å²) in [6.07, 6.45) is 3.29. The molecule has 0 radical (unpaired) electrons. The van der Waals surface area contributed by atoms with Gasteiger partial charge in [-0.3, -0.25) is 4.79 Å². The number of aryl methyl sites for hydroxylation is 1. The van der Waals surface area contributed by atoms with Crippen molar-refractivity contribution in [3.05, 3.63) is 71.1 Å². The van der Waals surface area contributed by atoms with Gasteiger partial charge in [-0.25, -0.2) is 15.0 Å². The maximum absolute atomic E-state index is 13.1. The van der Waals surface area contributed by atoms with E-state index >= 15 is 0 Å². The molecule has 1 amide bonds. The third kappa shape index (κ3) is 3.99. The lowest BCUT2D eigenvalue weighted by Crippen LogP contribution is -2.16. The molecular formula is C22H22N6OS. The predicted octanol–water partition coefficient (Wildman–Crippen LogP) is 4.64. The summed E-state index contributed by atoms with van der Waals surface area (Å²) in [6.45, 7) is 8.04. The molecule has 1 N–H and O–H groups in total. The Labute approximate surface area is 178 Å². The lowest BCUT2D eigenvalue weighted by molar-refractivity contribution is 0.102. The Hall–Kier alpha value is -3.39. The summed E-state index contributed by atoms with van der Waals surface area (Å²) in [4.78, 5) is 26.8. The third-order valence-electron chi connectivity index (χ3n) is 4.48. The van der Waals surface area contributed by atoms with Gasteiger partial charge in [0.1, 0.15) is 15.7 Å². The lowest BCUT2D eigenvalue weighted by Gasteiger charge is -2.13. The van der Waals surface area contributed by atoms with Gasteiger partial charge in [0.25, 0.3) is 11.9 Å². The van der Waals surface area contributed by atoms with Crippen molar-refractivity contribution in [2.45, 2.75) is 33.1 Å². The second-order valence-electron chi connectivity index (χ2n) is 7.88. The Morgan fingerprint density at radius 3 is 2.43 bits per heavy atom. The van der Waals surface area contributed by atoms with E-state index in [0.29, 0.717) is 22.3 Å². The zero-order chi connectivity index (χ0) is 21.3. The van der Waals surface area contributed by atoms with Crippen LogP contribution in [0.2, 0.25) is 0 Å². The zero-order valence-electron chi connectivity index (χ0n) is 17.2. The monoisotopic (exact) mass is 418 g/mol. The van der Waals surface area contributed by atoms with E-state index < -0.39 is 0 Å². The molecule has 4 aromatic rings. The first kappa shape index (κ1) is 19.9. The van der Waals surface area contributed by atoms with Crippen molar-refractivity contribution < 1.29 is 4.79 Å². The summed E-state index contributed by atoms with van der Waals surface area (Å²) in [5.74, 6) is 0.684. The fourth-order valence-corrected chi connectivity index (χ4v) is 3.84. The van der Waals surface area contributed by atoms with E-state index in [0.717, 1.165) is 16.3 Å². The van der Waals surface area contributed by atoms with Crippen molar-refractivity contribution in [1.29, 1.82) is 0 Å². The molecule has 0 spiro atoms. The van der Waals surface area contributed by atoms with Gasteiger partial charge in [0.2, 0.25) is 0 Å². The Morgan fingerprint density at radius 2 is 1.77 bits per heavy atom. The van der Waals surface area contributed by atoms with Crippen LogP contribution < -0.4 is 5.32 Å². The smallest absolute Gasteiger partial charge is 0.268 e. The highest BCUT2D eigenvalue weighted by Crippen LogP contribution is 2.30. The summed E-state index contributed by atoms with van der Waals surface area (Å²) >= 11 is 1.37. The molecule has 0 bridgehead atoms. The molecule has 4 rings (SSSR count). The van der Waals surface area contributed by atoms with E-state index in [1.165, 1.54) is 11.3 Å². The Balaban J connectivity index is 1.68. The topological polar surface area (TPSA) is 85.6 Å². The minimum atomic E-state index is -0.232. The number of anilines is 1. The summed E-state index contributed by atoms with van der Waals surface area (Å²) in [7, 11) is 0. The van der Waals surface area contributed by atoms with Gasteiger partial charge < -0.3 is 5.32 Å². The molecule has 8 heteroatoms. The van der Waals surface area contributed by atoms with Gasteiger partial charge in [-0.05, 0) is 13.0 Å². The van der Waals surface area contributed by atoms with E-state index in [1.807, 2.05) is 43.3 Å². The van der Waals surface area contributed by atoms with Crippen LogP contribution in [0.5, 0.6) is 0 Å². The van der Waals surface area contributed by atoms with Crippen LogP contribution in [0, 0.1) is 6.92 Å². The first-order chi connectivity index (χ1) is 14.3. The second-order valence-corrected chi connectivity index (χ2v) is 8.88. The maximum atomic E-state index is 13.1. The number of aromatic nitrogens is 5. The average molecular weight is 419 g/mol. The van der Waals surface area contributed by atoms with E-state index in [1.54, 1.807) is 23.1 Å². The van der Waals surface area contributed by atoms with Crippen LogP contribution in [0.1, 0.15) is 41.8 Å². The van der Waals surface area contributed by atoms with Crippen LogP contribution in [0.15, 0.2) is 54.9 Å². The zero-order valence-corrected chi connectivity index (χ0v) is 18.1. The quantitative estimate of drug-likeness (QED) is 0.522. The number of amides is 1.